The number of aryl methyl sites for hydroxylation is 2. The van der Waals surface area contributed by atoms with Gasteiger partial charge in [-0.1, -0.05) is 36.0 Å². The number of rotatable bonds is 4. The second-order valence-electron chi connectivity index (χ2n) is 6.72. The Bertz CT molecular complexity index is 1320. The van der Waals surface area contributed by atoms with Crippen LogP contribution in [0.4, 0.5) is 0 Å². The van der Waals surface area contributed by atoms with E-state index in [1.54, 1.807) is 10.6 Å². The fourth-order valence-electron chi connectivity index (χ4n) is 3.32. The molecule has 0 amide bonds. The van der Waals surface area contributed by atoms with Crippen LogP contribution in [0.25, 0.3) is 21.9 Å². The molecule has 0 aliphatic rings. The maximum Gasteiger partial charge on any atom is 0.336 e. The lowest BCUT2D eigenvalue weighted by Gasteiger charge is -2.12. The lowest BCUT2D eigenvalue weighted by Crippen LogP contribution is -2.22. The van der Waals surface area contributed by atoms with Crippen molar-refractivity contribution in [1.82, 2.24) is 9.55 Å². The van der Waals surface area contributed by atoms with Crippen molar-refractivity contribution in [1.29, 1.82) is 0 Å². The molecular weight excluding hydrogens is 372 g/mol. The molecule has 0 N–H and O–H groups in total. The second-order valence-corrected chi connectivity index (χ2v) is 7.67. The SMILES string of the molecule is CCn1c(SCc2cc(=O)oc3c(C)c(C)ccc23)nc2ccccc2c1=O. The van der Waals surface area contributed by atoms with Crippen LogP contribution >= 0.6 is 11.8 Å². The zero-order valence-corrected chi connectivity index (χ0v) is 16.8. The van der Waals surface area contributed by atoms with Crippen LogP contribution in [0.1, 0.15) is 23.6 Å². The summed E-state index contributed by atoms with van der Waals surface area (Å²) in [7, 11) is 0. The highest BCUT2D eigenvalue weighted by Crippen LogP contribution is 2.28. The highest BCUT2D eigenvalue weighted by atomic mass is 32.2. The molecule has 0 saturated carbocycles. The van der Waals surface area contributed by atoms with Crippen LogP contribution in [0.5, 0.6) is 0 Å². The molecule has 0 unspecified atom stereocenters. The lowest BCUT2D eigenvalue weighted by molar-refractivity contribution is 0.557. The van der Waals surface area contributed by atoms with Gasteiger partial charge in [0.2, 0.25) is 0 Å². The summed E-state index contributed by atoms with van der Waals surface area (Å²) in [5.41, 5.74) is 3.83. The molecule has 5 nitrogen and oxygen atoms in total. The van der Waals surface area contributed by atoms with Crippen LogP contribution in [0.3, 0.4) is 0 Å². The van der Waals surface area contributed by atoms with Crippen LogP contribution in [0, 0.1) is 13.8 Å². The first-order valence-electron chi connectivity index (χ1n) is 9.15. The van der Waals surface area contributed by atoms with Gasteiger partial charge in [0, 0.05) is 23.8 Å². The Morgan fingerprint density at radius 3 is 2.64 bits per heavy atom. The summed E-state index contributed by atoms with van der Waals surface area (Å²) in [5, 5.41) is 2.18. The van der Waals surface area contributed by atoms with E-state index in [2.05, 4.69) is 4.98 Å². The zero-order chi connectivity index (χ0) is 19.8. The summed E-state index contributed by atoms with van der Waals surface area (Å²) in [5.74, 6) is 0.523. The Labute approximate surface area is 166 Å². The normalized spacial score (nSPS) is 11.4. The molecule has 0 spiro atoms. The summed E-state index contributed by atoms with van der Waals surface area (Å²) in [6.07, 6.45) is 0. The standard InChI is InChI=1S/C22H20N2O3S/c1-4-24-21(26)17-7-5-6-8-18(17)23-22(24)28-12-15-11-19(25)27-20-14(3)13(2)9-10-16(15)20/h5-11H,4,12H2,1-3H3. The molecule has 0 aliphatic carbocycles. The first-order valence-corrected chi connectivity index (χ1v) is 10.1. The lowest BCUT2D eigenvalue weighted by atomic mass is 10.0. The third-order valence-electron chi connectivity index (χ3n) is 5.02. The van der Waals surface area contributed by atoms with Crippen LogP contribution in [0.2, 0.25) is 0 Å². The fraction of sp³-hybridized carbons (Fsp3) is 0.227. The van der Waals surface area contributed by atoms with Gasteiger partial charge in [0.25, 0.3) is 5.56 Å². The van der Waals surface area contributed by atoms with Crippen molar-refractivity contribution in [3.63, 3.8) is 0 Å². The van der Waals surface area contributed by atoms with E-state index >= 15 is 0 Å². The van der Waals surface area contributed by atoms with Gasteiger partial charge in [0.1, 0.15) is 5.58 Å². The number of thioether (sulfide) groups is 1. The highest BCUT2D eigenvalue weighted by Gasteiger charge is 2.13. The monoisotopic (exact) mass is 392 g/mol. The number of para-hydroxylation sites is 1. The predicted molar refractivity (Wildman–Crippen MR) is 113 cm³/mol. The average Bonchev–Trinajstić information content (AvgIpc) is 2.69. The van der Waals surface area contributed by atoms with Gasteiger partial charge < -0.3 is 4.42 Å². The molecule has 0 bridgehead atoms. The summed E-state index contributed by atoms with van der Waals surface area (Å²) in [6, 6.07) is 12.9. The molecule has 0 fully saturated rings. The third kappa shape index (κ3) is 3.14. The molecule has 28 heavy (non-hydrogen) atoms. The Hall–Kier alpha value is -2.86. The number of hydrogen-bond donors (Lipinski definition) is 0. The number of aromatic nitrogens is 2. The maximum absolute atomic E-state index is 12.8. The molecule has 142 valence electrons. The van der Waals surface area contributed by atoms with E-state index < -0.39 is 0 Å². The number of nitrogens with zero attached hydrogens (tertiary/aromatic N) is 2. The highest BCUT2D eigenvalue weighted by molar-refractivity contribution is 7.98. The number of fused-ring (bicyclic) bond motifs is 2. The molecule has 4 aromatic rings. The second kappa shape index (κ2) is 7.28. The summed E-state index contributed by atoms with van der Waals surface area (Å²) >= 11 is 1.46. The number of hydrogen-bond acceptors (Lipinski definition) is 5. The molecule has 4 rings (SSSR count). The molecule has 6 heteroatoms. The van der Waals surface area contributed by atoms with Crippen molar-refractivity contribution in [3.05, 3.63) is 79.9 Å². The third-order valence-corrected chi connectivity index (χ3v) is 6.04. The molecule has 0 radical (unpaired) electrons. The van der Waals surface area contributed by atoms with E-state index in [-0.39, 0.29) is 11.2 Å². The van der Waals surface area contributed by atoms with Gasteiger partial charge in [0.05, 0.1) is 10.9 Å². The molecule has 0 aliphatic heterocycles. The van der Waals surface area contributed by atoms with E-state index in [1.165, 1.54) is 17.8 Å². The van der Waals surface area contributed by atoms with Crippen molar-refractivity contribution in [2.24, 2.45) is 0 Å². The summed E-state index contributed by atoms with van der Waals surface area (Å²) in [6.45, 7) is 6.42. The van der Waals surface area contributed by atoms with E-state index in [9.17, 15) is 9.59 Å². The van der Waals surface area contributed by atoms with Gasteiger partial charge in [-0.3, -0.25) is 9.36 Å². The van der Waals surface area contributed by atoms with Gasteiger partial charge in [-0.2, -0.15) is 0 Å². The van der Waals surface area contributed by atoms with E-state index in [1.807, 2.05) is 51.1 Å². The molecule has 0 atom stereocenters. The van der Waals surface area contributed by atoms with E-state index in [4.69, 9.17) is 4.42 Å². The summed E-state index contributed by atoms with van der Waals surface area (Å²) < 4.78 is 7.13. The van der Waals surface area contributed by atoms with Gasteiger partial charge in [-0.15, -0.1) is 0 Å². The molecule has 2 heterocycles. The Balaban J connectivity index is 1.79. The topological polar surface area (TPSA) is 65.1 Å². The van der Waals surface area contributed by atoms with Crippen molar-refractivity contribution < 1.29 is 4.42 Å². The van der Waals surface area contributed by atoms with Gasteiger partial charge in [0.15, 0.2) is 5.16 Å². The van der Waals surface area contributed by atoms with Gasteiger partial charge in [-0.25, -0.2) is 9.78 Å². The Morgan fingerprint density at radius 2 is 1.86 bits per heavy atom. The van der Waals surface area contributed by atoms with Crippen molar-refractivity contribution in [2.45, 2.75) is 38.2 Å². The predicted octanol–water partition coefficient (Wildman–Crippen LogP) is 4.43. The molecule has 2 aromatic carbocycles. The van der Waals surface area contributed by atoms with Crippen LogP contribution in [0.15, 0.2) is 61.6 Å². The Morgan fingerprint density at radius 1 is 1.07 bits per heavy atom. The molecule has 0 saturated heterocycles. The van der Waals surface area contributed by atoms with Crippen LogP contribution < -0.4 is 11.2 Å². The quantitative estimate of drug-likeness (QED) is 0.292. The first kappa shape index (κ1) is 18.5. The largest absolute Gasteiger partial charge is 0.422 e. The van der Waals surface area contributed by atoms with E-state index in [0.29, 0.717) is 33.9 Å². The minimum absolute atomic E-state index is 0.0421. The zero-order valence-electron chi connectivity index (χ0n) is 16.0. The van der Waals surface area contributed by atoms with Crippen LogP contribution in [-0.2, 0) is 12.3 Å². The Kier molecular flexibility index (Phi) is 4.81. The minimum Gasteiger partial charge on any atom is -0.422 e. The smallest absolute Gasteiger partial charge is 0.336 e. The van der Waals surface area contributed by atoms with Gasteiger partial charge >= 0.3 is 5.63 Å². The van der Waals surface area contributed by atoms with Crippen molar-refractivity contribution in [2.75, 3.05) is 0 Å². The van der Waals surface area contributed by atoms with Gasteiger partial charge in [-0.05, 0) is 49.6 Å². The maximum atomic E-state index is 12.8. The van der Waals surface area contributed by atoms with Crippen molar-refractivity contribution in [3.8, 4) is 0 Å². The summed E-state index contributed by atoms with van der Waals surface area (Å²) in [4.78, 5) is 29.5. The fourth-order valence-corrected chi connectivity index (χ4v) is 4.38. The van der Waals surface area contributed by atoms with E-state index in [0.717, 1.165) is 22.1 Å². The molecular formula is C22H20N2O3S. The van der Waals surface area contributed by atoms with Crippen molar-refractivity contribution >= 4 is 33.6 Å². The minimum atomic E-state index is -0.365. The number of benzene rings is 2. The average molecular weight is 392 g/mol. The molecule has 2 aromatic heterocycles. The first-order chi connectivity index (χ1) is 13.5. The van der Waals surface area contributed by atoms with Crippen LogP contribution in [-0.4, -0.2) is 9.55 Å².